The smallest absolute Gasteiger partial charge is 0.133 e. The van der Waals surface area contributed by atoms with Gasteiger partial charge in [-0.25, -0.2) is 0 Å². The second-order valence-electron chi connectivity index (χ2n) is 5.88. The second-order valence-corrected chi connectivity index (χ2v) is 6.73. The van der Waals surface area contributed by atoms with Crippen molar-refractivity contribution in [1.82, 2.24) is 10.2 Å². The summed E-state index contributed by atoms with van der Waals surface area (Å²) in [5, 5.41) is 3.63. The Labute approximate surface area is 134 Å². The third kappa shape index (κ3) is 4.19. The number of rotatable bonds is 6. The predicted octanol–water partition coefficient (Wildman–Crippen LogP) is 2.62. The number of hydrogen-bond acceptors (Lipinski definition) is 4. The van der Waals surface area contributed by atoms with E-state index < -0.39 is 0 Å². The summed E-state index contributed by atoms with van der Waals surface area (Å²) in [7, 11) is 1.69. The SMILES string of the molecule is COc1ccc(CNC2COCCN2CC2CC2)cc1Br. The average Bonchev–Trinajstić information content (AvgIpc) is 3.30. The molecule has 1 aromatic rings. The van der Waals surface area contributed by atoms with Crippen LogP contribution in [-0.2, 0) is 11.3 Å². The number of benzene rings is 1. The van der Waals surface area contributed by atoms with E-state index in [9.17, 15) is 0 Å². The van der Waals surface area contributed by atoms with Gasteiger partial charge in [0.15, 0.2) is 0 Å². The predicted molar refractivity (Wildman–Crippen MR) is 86.4 cm³/mol. The number of halogens is 1. The lowest BCUT2D eigenvalue weighted by Crippen LogP contribution is -2.53. The Hall–Kier alpha value is -0.620. The summed E-state index contributed by atoms with van der Waals surface area (Å²) in [6.45, 7) is 4.74. The van der Waals surface area contributed by atoms with Crippen molar-refractivity contribution in [3.05, 3.63) is 28.2 Å². The Morgan fingerprint density at radius 2 is 2.29 bits per heavy atom. The van der Waals surface area contributed by atoms with Gasteiger partial charge < -0.3 is 9.47 Å². The van der Waals surface area contributed by atoms with E-state index >= 15 is 0 Å². The molecule has 1 aliphatic heterocycles. The van der Waals surface area contributed by atoms with Gasteiger partial charge in [0.05, 0.1) is 31.0 Å². The van der Waals surface area contributed by atoms with Gasteiger partial charge >= 0.3 is 0 Å². The van der Waals surface area contributed by atoms with Crippen molar-refractivity contribution in [3.8, 4) is 5.75 Å². The van der Waals surface area contributed by atoms with Gasteiger partial charge in [0.2, 0.25) is 0 Å². The van der Waals surface area contributed by atoms with Crippen LogP contribution in [0.4, 0.5) is 0 Å². The Bertz CT molecular complexity index is 479. The molecular formula is C16H23BrN2O2. The fraction of sp³-hybridized carbons (Fsp3) is 0.625. The number of ether oxygens (including phenoxy) is 2. The molecule has 4 nitrogen and oxygen atoms in total. The fourth-order valence-electron chi connectivity index (χ4n) is 2.73. The molecule has 1 saturated carbocycles. The van der Waals surface area contributed by atoms with Crippen LogP contribution in [0.5, 0.6) is 5.75 Å². The van der Waals surface area contributed by atoms with Gasteiger partial charge in [0, 0.05) is 19.6 Å². The summed E-state index contributed by atoms with van der Waals surface area (Å²) in [6, 6.07) is 6.21. The molecule has 0 amide bonds. The lowest BCUT2D eigenvalue weighted by Gasteiger charge is -2.36. The molecule has 0 bridgehead atoms. The summed E-state index contributed by atoms with van der Waals surface area (Å²) in [5.41, 5.74) is 1.25. The van der Waals surface area contributed by atoms with E-state index in [1.807, 2.05) is 6.07 Å². The molecule has 0 aromatic heterocycles. The van der Waals surface area contributed by atoms with Crippen molar-refractivity contribution in [1.29, 1.82) is 0 Å². The molecular weight excluding hydrogens is 332 g/mol. The monoisotopic (exact) mass is 354 g/mol. The molecule has 1 N–H and O–H groups in total. The third-order valence-corrected chi connectivity index (χ3v) is 4.81. The molecule has 116 valence electrons. The highest BCUT2D eigenvalue weighted by atomic mass is 79.9. The molecule has 5 heteroatoms. The van der Waals surface area contributed by atoms with E-state index in [1.54, 1.807) is 7.11 Å². The highest BCUT2D eigenvalue weighted by molar-refractivity contribution is 9.10. The summed E-state index contributed by atoms with van der Waals surface area (Å²) in [6.07, 6.45) is 3.13. The number of hydrogen-bond donors (Lipinski definition) is 1. The highest BCUT2D eigenvalue weighted by Gasteiger charge is 2.29. The quantitative estimate of drug-likeness (QED) is 0.851. The standard InChI is InChI=1S/C16H23BrN2O2/c1-20-15-5-4-13(8-14(15)17)9-18-16-11-21-7-6-19(16)10-12-2-3-12/h4-5,8,12,16,18H,2-3,6-7,9-11H2,1H3. The van der Waals surface area contributed by atoms with Crippen LogP contribution in [0.15, 0.2) is 22.7 Å². The first-order valence-electron chi connectivity index (χ1n) is 7.64. The van der Waals surface area contributed by atoms with Crippen LogP contribution in [0.3, 0.4) is 0 Å². The molecule has 2 fully saturated rings. The van der Waals surface area contributed by atoms with Crippen LogP contribution in [0.25, 0.3) is 0 Å². The van der Waals surface area contributed by atoms with Crippen LogP contribution in [-0.4, -0.2) is 44.5 Å². The zero-order valence-corrected chi connectivity index (χ0v) is 14.1. The zero-order chi connectivity index (χ0) is 14.7. The van der Waals surface area contributed by atoms with Gasteiger partial charge in [0.25, 0.3) is 0 Å². The normalized spacial score (nSPS) is 23.2. The van der Waals surface area contributed by atoms with E-state index in [2.05, 4.69) is 38.3 Å². The zero-order valence-electron chi connectivity index (χ0n) is 12.5. The van der Waals surface area contributed by atoms with Crippen LogP contribution < -0.4 is 10.1 Å². The van der Waals surface area contributed by atoms with Gasteiger partial charge in [-0.15, -0.1) is 0 Å². The number of nitrogens with one attached hydrogen (secondary N) is 1. The lowest BCUT2D eigenvalue weighted by atomic mass is 10.2. The van der Waals surface area contributed by atoms with Gasteiger partial charge in [-0.05, 0) is 52.4 Å². The molecule has 1 atom stereocenters. The molecule has 3 rings (SSSR count). The van der Waals surface area contributed by atoms with Gasteiger partial charge in [-0.2, -0.15) is 0 Å². The Balaban J connectivity index is 1.55. The van der Waals surface area contributed by atoms with Crippen LogP contribution in [0.2, 0.25) is 0 Å². The van der Waals surface area contributed by atoms with Crippen LogP contribution in [0.1, 0.15) is 18.4 Å². The summed E-state index contributed by atoms with van der Waals surface area (Å²) < 4.78 is 11.9. The van der Waals surface area contributed by atoms with Crippen molar-refractivity contribution in [2.24, 2.45) is 5.92 Å². The Morgan fingerprint density at radius 3 is 3.00 bits per heavy atom. The fourth-order valence-corrected chi connectivity index (χ4v) is 3.32. The number of methoxy groups -OCH3 is 1. The minimum atomic E-state index is 0.334. The molecule has 0 radical (unpaired) electrons. The summed E-state index contributed by atoms with van der Waals surface area (Å²) >= 11 is 3.54. The summed E-state index contributed by atoms with van der Waals surface area (Å²) in [5.74, 6) is 1.79. The van der Waals surface area contributed by atoms with Crippen molar-refractivity contribution < 1.29 is 9.47 Å². The molecule has 1 saturated heterocycles. The Kier molecular flexibility index (Phi) is 5.16. The van der Waals surface area contributed by atoms with Crippen LogP contribution in [0, 0.1) is 5.92 Å². The molecule has 1 aliphatic carbocycles. The van der Waals surface area contributed by atoms with Gasteiger partial charge in [-0.1, -0.05) is 6.07 Å². The molecule has 2 aliphatic rings. The van der Waals surface area contributed by atoms with E-state index in [4.69, 9.17) is 9.47 Å². The molecule has 0 spiro atoms. The van der Waals surface area contributed by atoms with Crippen molar-refractivity contribution in [2.45, 2.75) is 25.6 Å². The first-order valence-corrected chi connectivity index (χ1v) is 8.43. The third-order valence-electron chi connectivity index (χ3n) is 4.19. The number of morpholine rings is 1. The van der Waals surface area contributed by atoms with E-state index in [1.165, 1.54) is 24.9 Å². The van der Waals surface area contributed by atoms with E-state index in [-0.39, 0.29) is 0 Å². The maximum atomic E-state index is 5.63. The molecule has 1 heterocycles. The van der Waals surface area contributed by atoms with Crippen molar-refractivity contribution >= 4 is 15.9 Å². The maximum Gasteiger partial charge on any atom is 0.133 e. The van der Waals surface area contributed by atoms with E-state index in [0.717, 1.165) is 42.4 Å². The first-order chi connectivity index (χ1) is 10.3. The van der Waals surface area contributed by atoms with Crippen molar-refractivity contribution in [2.75, 3.05) is 33.4 Å². The molecule has 1 unspecified atom stereocenters. The largest absolute Gasteiger partial charge is 0.496 e. The summed E-state index contributed by atoms with van der Waals surface area (Å²) in [4.78, 5) is 2.54. The number of nitrogens with zero attached hydrogens (tertiary/aromatic N) is 1. The minimum absolute atomic E-state index is 0.334. The average molecular weight is 355 g/mol. The van der Waals surface area contributed by atoms with Gasteiger partial charge in [0.1, 0.15) is 5.75 Å². The molecule has 21 heavy (non-hydrogen) atoms. The minimum Gasteiger partial charge on any atom is -0.496 e. The van der Waals surface area contributed by atoms with Gasteiger partial charge in [-0.3, -0.25) is 10.2 Å². The first kappa shape index (κ1) is 15.3. The molecule has 1 aromatic carbocycles. The van der Waals surface area contributed by atoms with Crippen molar-refractivity contribution in [3.63, 3.8) is 0 Å². The second kappa shape index (κ2) is 7.09. The van der Waals surface area contributed by atoms with E-state index in [0.29, 0.717) is 6.17 Å². The lowest BCUT2D eigenvalue weighted by molar-refractivity contribution is -0.0231. The topological polar surface area (TPSA) is 33.7 Å². The van der Waals surface area contributed by atoms with Crippen LogP contribution >= 0.6 is 15.9 Å². The maximum absolute atomic E-state index is 5.63. The Morgan fingerprint density at radius 1 is 1.43 bits per heavy atom. The highest BCUT2D eigenvalue weighted by Crippen LogP contribution is 2.30.